The Morgan fingerprint density at radius 1 is 0.447 bits per heavy atom. The summed E-state index contributed by atoms with van der Waals surface area (Å²) in [6.07, 6.45) is 13.6. The molecule has 0 unspecified atom stereocenters. The topological polar surface area (TPSA) is 275 Å². The van der Waals surface area contributed by atoms with Crippen molar-refractivity contribution >= 4 is 41.4 Å². The van der Waals surface area contributed by atoms with Gasteiger partial charge in [-0.25, -0.2) is 43.3 Å². The highest BCUT2D eigenvalue weighted by Gasteiger charge is 2.25. The smallest absolute Gasteiger partial charge is 0.356 e. The van der Waals surface area contributed by atoms with Gasteiger partial charge < -0.3 is 28.8 Å². The van der Waals surface area contributed by atoms with Crippen LogP contribution in [0.15, 0.2) is 98.1 Å². The summed E-state index contributed by atoms with van der Waals surface area (Å²) in [6.45, 7) is 20.5. The normalized spacial score (nSPS) is 11.4. The lowest BCUT2D eigenvalue weighted by Gasteiger charge is -2.19. The lowest BCUT2D eigenvalue weighted by Crippen LogP contribution is -2.24. The van der Waals surface area contributed by atoms with Gasteiger partial charge in [-0.1, -0.05) is 11.6 Å². The molecule has 23 nitrogen and oxygen atoms in total. The molecule has 1 N–H and O–H groups in total. The lowest BCUT2D eigenvalue weighted by molar-refractivity contribution is 0.00567. The summed E-state index contributed by atoms with van der Waals surface area (Å²) < 4.78 is 45.5. The van der Waals surface area contributed by atoms with Crippen LogP contribution in [0.3, 0.4) is 0 Å². The average molecular weight is 1190 g/mol. The minimum absolute atomic E-state index is 0.0368. The number of aliphatic hydroxyl groups excluding tert-OH is 1. The molecular weight excluding hydrogens is 1120 g/mol. The van der Waals surface area contributed by atoms with Crippen LogP contribution in [0, 0.1) is 0 Å². The van der Waals surface area contributed by atoms with Crippen LogP contribution in [0.25, 0.3) is 45.0 Å². The van der Waals surface area contributed by atoms with Gasteiger partial charge in [-0.3, -0.25) is 23.7 Å². The third-order valence-corrected chi connectivity index (χ3v) is 10.8. The van der Waals surface area contributed by atoms with Gasteiger partial charge in [0.2, 0.25) is 0 Å². The van der Waals surface area contributed by atoms with Crippen LogP contribution in [0.4, 0.5) is 4.39 Å². The Morgan fingerprint density at radius 2 is 0.741 bits per heavy atom. The molecule has 0 aromatic carbocycles. The quantitative estimate of drug-likeness (QED) is 0.0716. The molecule has 0 spiro atoms. The van der Waals surface area contributed by atoms with Crippen LogP contribution >= 0.6 is 11.6 Å². The number of methoxy groups -OCH3 is 1. The van der Waals surface area contributed by atoms with Gasteiger partial charge in [0.05, 0.1) is 94.9 Å². The first-order valence-electron chi connectivity index (χ1n) is 26.4. The third kappa shape index (κ3) is 21.3. The molecule has 452 valence electrons. The van der Waals surface area contributed by atoms with Gasteiger partial charge in [0.1, 0.15) is 39.9 Å². The minimum atomic E-state index is -0.746. The van der Waals surface area contributed by atoms with Crippen molar-refractivity contribution in [3.8, 4) is 45.0 Å². The monoisotopic (exact) mass is 1190 g/mol. The highest BCUT2D eigenvalue weighted by atomic mass is 35.5. The van der Waals surface area contributed by atoms with Crippen molar-refractivity contribution < 1.29 is 57.2 Å². The number of alkyl halides is 1. The Balaban J connectivity index is 0.000000207. The molecule has 8 aromatic heterocycles. The first kappa shape index (κ1) is 66.8. The number of esters is 5. The molecule has 85 heavy (non-hydrogen) atoms. The number of hydrogen-bond acceptors (Lipinski definition) is 19. The largest absolute Gasteiger partial charge is 0.464 e. The van der Waals surface area contributed by atoms with Gasteiger partial charge in [0, 0.05) is 75.2 Å². The van der Waals surface area contributed by atoms with Gasteiger partial charge in [0.25, 0.3) is 0 Å². The van der Waals surface area contributed by atoms with E-state index in [1.165, 1.54) is 31.4 Å². The number of aryl methyl sites for hydroxylation is 4. The number of aromatic nitrogens is 12. The van der Waals surface area contributed by atoms with Crippen LogP contribution in [0.1, 0.15) is 146 Å². The zero-order valence-corrected chi connectivity index (χ0v) is 51.6. The number of carbonyl (C=O) groups excluding carboxylic acids is 5. The van der Waals surface area contributed by atoms with Crippen molar-refractivity contribution in [2.45, 2.75) is 119 Å². The molecule has 0 saturated carbocycles. The fraction of sp³-hybridized carbons (Fsp3) is 0.383. The average Bonchev–Trinajstić information content (AvgIpc) is 3.70. The Bertz CT molecular complexity index is 3540. The standard InChI is InChI=1S/C16H19N3O4.C15H18FN3O2.C15H19N3O3.C14H16ClN3O2/c1-16(2,3)23-14(20)10-6-12(11-8-17-19(4)9-11)18-13(7-10)15(21)22-5;1-15(2,3)21-14(20)10-5-12(7-16)18-13(6-10)11-8-17-19(4)9-11;1-15(2,3)21-14(20)10-5-12(9-19)17-13(6-10)11-7-16-18(4)8-11;1-14(2,3)20-13(19)9-5-11(17-12(15)6-9)10-7-16-18(4)8-10/h6-9H,1-5H3;5-6,8-9H,7H2,1-4H3;5-8,19H,9H2,1-4H3;5-8H,1-4H3. The highest BCUT2D eigenvalue weighted by Crippen LogP contribution is 2.26. The van der Waals surface area contributed by atoms with Crippen LogP contribution in [0.2, 0.25) is 5.15 Å². The number of carbonyl (C=O) groups is 5. The maximum atomic E-state index is 13.0. The van der Waals surface area contributed by atoms with Crippen molar-refractivity contribution in [3.05, 3.63) is 143 Å². The molecule has 0 radical (unpaired) electrons. The molecule has 8 rings (SSSR count). The van der Waals surface area contributed by atoms with E-state index in [0.717, 1.165) is 16.7 Å². The lowest BCUT2D eigenvalue weighted by atomic mass is 10.1. The van der Waals surface area contributed by atoms with E-state index in [4.69, 9.17) is 35.3 Å². The summed E-state index contributed by atoms with van der Waals surface area (Å²) >= 11 is 5.98. The van der Waals surface area contributed by atoms with E-state index in [-0.39, 0.29) is 34.3 Å². The number of halogens is 2. The van der Waals surface area contributed by atoms with Crippen molar-refractivity contribution in [1.29, 1.82) is 0 Å². The van der Waals surface area contributed by atoms with E-state index in [9.17, 15) is 33.5 Å². The van der Waals surface area contributed by atoms with Crippen LogP contribution in [0.5, 0.6) is 0 Å². The Morgan fingerprint density at radius 3 is 1.04 bits per heavy atom. The molecule has 8 aromatic rings. The van der Waals surface area contributed by atoms with Gasteiger partial charge in [-0.05, 0) is 132 Å². The molecule has 0 saturated heterocycles. The number of ether oxygens (including phenoxy) is 5. The number of rotatable bonds is 11. The van der Waals surface area contributed by atoms with E-state index in [1.54, 1.807) is 176 Å². The molecule has 0 aliphatic heterocycles. The summed E-state index contributed by atoms with van der Waals surface area (Å²) in [5.74, 6) is -2.52. The maximum Gasteiger partial charge on any atom is 0.356 e. The summed E-state index contributed by atoms with van der Waals surface area (Å²) in [5, 5.41) is 25.8. The van der Waals surface area contributed by atoms with E-state index < -0.39 is 58.9 Å². The van der Waals surface area contributed by atoms with E-state index in [2.05, 4.69) is 40.3 Å². The Kier molecular flexibility index (Phi) is 22.0. The second-order valence-corrected chi connectivity index (χ2v) is 23.4. The fourth-order valence-electron chi connectivity index (χ4n) is 7.19. The summed E-state index contributed by atoms with van der Waals surface area (Å²) in [6, 6.07) is 12.3. The molecule has 8 heterocycles. The molecular formula is C60H72ClFN12O11. The Hall–Kier alpha value is -9.03. The second-order valence-electron chi connectivity index (χ2n) is 23.1. The number of aliphatic hydroxyl groups is 1. The third-order valence-electron chi connectivity index (χ3n) is 10.6. The number of hydrogen-bond donors (Lipinski definition) is 1. The van der Waals surface area contributed by atoms with Gasteiger partial charge in [-0.2, -0.15) is 20.4 Å². The first-order valence-corrected chi connectivity index (χ1v) is 26.7. The molecule has 0 amide bonds. The maximum absolute atomic E-state index is 13.0. The number of pyridine rings is 4. The van der Waals surface area contributed by atoms with E-state index in [0.29, 0.717) is 45.2 Å². The van der Waals surface area contributed by atoms with Crippen LogP contribution in [-0.4, -0.2) is 124 Å². The predicted octanol–water partition coefficient (Wildman–Crippen LogP) is 10.2. The molecule has 0 bridgehead atoms. The van der Waals surface area contributed by atoms with Crippen LogP contribution in [-0.2, 0) is 65.2 Å². The molecule has 0 atom stereocenters. The zero-order chi connectivity index (χ0) is 63.4. The number of nitrogens with zero attached hydrogens (tertiary/aromatic N) is 12. The highest BCUT2D eigenvalue weighted by molar-refractivity contribution is 6.29. The molecule has 25 heteroatoms. The van der Waals surface area contributed by atoms with Gasteiger partial charge >= 0.3 is 29.8 Å². The molecule has 0 aliphatic carbocycles. The summed E-state index contributed by atoms with van der Waals surface area (Å²) in [4.78, 5) is 77.4. The fourth-order valence-corrected chi connectivity index (χ4v) is 7.40. The zero-order valence-electron chi connectivity index (χ0n) is 50.8. The summed E-state index contributed by atoms with van der Waals surface area (Å²) in [5.41, 5.74) is 4.60. The van der Waals surface area contributed by atoms with Crippen molar-refractivity contribution in [1.82, 2.24) is 59.1 Å². The molecule has 0 aliphatic rings. The SMILES string of the molecule is COC(=O)c1cc(C(=O)OC(C)(C)C)cc(-c2cnn(C)c2)n1.Cn1cc(-c2cc(C(=O)OC(C)(C)C)cc(CF)n2)cn1.Cn1cc(-c2cc(C(=O)OC(C)(C)C)cc(CO)n2)cn1.Cn1cc(-c2cc(C(=O)OC(C)(C)C)cc(Cl)n2)cn1. The summed E-state index contributed by atoms with van der Waals surface area (Å²) in [7, 11) is 8.41. The van der Waals surface area contributed by atoms with Gasteiger partial charge in [-0.15, -0.1) is 0 Å². The second kappa shape index (κ2) is 28.0. The molecule has 0 fully saturated rings. The first-order chi connectivity index (χ1) is 39.5. The predicted molar refractivity (Wildman–Crippen MR) is 314 cm³/mol. The Labute approximate surface area is 497 Å². The van der Waals surface area contributed by atoms with E-state index in [1.807, 2.05) is 27.8 Å². The van der Waals surface area contributed by atoms with Crippen molar-refractivity contribution in [2.24, 2.45) is 28.2 Å². The van der Waals surface area contributed by atoms with Crippen molar-refractivity contribution in [2.75, 3.05) is 7.11 Å². The van der Waals surface area contributed by atoms with Crippen molar-refractivity contribution in [3.63, 3.8) is 0 Å². The van der Waals surface area contributed by atoms with E-state index >= 15 is 0 Å². The minimum Gasteiger partial charge on any atom is -0.464 e. The van der Waals surface area contributed by atoms with Crippen LogP contribution < -0.4 is 0 Å². The van der Waals surface area contributed by atoms with Gasteiger partial charge in [0.15, 0.2) is 0 Å².